The van der Waals surface area contributed by atoms with Crippen molar-refractivity contribution in [2.45, 2.75) is 19.8 Å². The van der Waals surface area contributed by atoms with Gasteiger partial charge in [0.25, 0.3) is 0 Å². The number of nitrogens with two attached hydrogens (primary N) is 1. The Morgan fingerprint density at radius 3 is 2.42 bits per heavy atom. The van der Waals surface area contributed by atoms with Gasteiger partial charge in [0.15, 0.2) is 0 Å². The lowest BCUT2D eigenvalue weighted by molar-refractivity contribution is 0.199. The number of benzene rings is 1. The maximum absolute atomic E-state index is 6.13. The van der Waals surface area contributed by atoms with Crippen molar-refractivity contribution in [1.29, 1.82) is 0 Å². The van der Waals surface area contributed by atoms with Gasteiger partial charge in [0.05, 0.1) is 15.7 Å². The number of nitrogens with zero attached hydrogens (tertiary/aromatic N) is 1. The zero-order chi connectivity index (χ0) is 13.8. The Hall–Kier alpha value is -0.640. The molecule has 1 aromatic rings. The Morgan fingerprint density at radius 1 is 1.26 bits per heavy atom. The van der Waals surface area contributed by atoms with Crippen molar-refractivity contribution in [3.8, 4) is 0 Å². The van der Waals surface area contributed by atoms with Gasteiger partial charge in [-0.15, -0.1) is 0 Å². The molecule has 1 saturated heterocycles. The summed E-state index contributed by atoms with van der Waals surface area (Å²) >= 11 is 12.3. The van der Waals surface area contributed by atoms with Gasteiger partial charge in [0, 0.05) is 18.8 Å². The molecule has 1 fully saturated rings. The van der Waals surface area contributed by atoms with Gasteiger partial charge in [-0.05, 0) is 44.0 Å². The predicted molar refractivity (Wildman–Crippen MR) is 84.2 cm³/mol. The molecule has 1 aliphatic heterocycles. The van der Waals surface area contributed by atoms with Crippen LogP contribution in [0.15, 0.2) is 12.1 Å². The fourth-order valence-corrected chi connectivity index (χ4v) is 3.02. The minimum Gasteiger partial charge on any atom is -0.399 e. The maximum atomic E-state index is 6.13. The summed E-state index contributed by atoms with van der Waals surface area (Å²) < 4.78 is 0. The first-order valence-corrected chi connectivity index (χ1v) is 7.52. The molecule has 106 valence electrons. The number of hydrogen-bond donors (Lipinski definition) is 2. The second-order valence-corrected chi connectivity index (χ2v) is 6.12. The molecule has 5 heteroatoms. The monoisotopic (exact) mass is 301 g/mol. The van der Waals surface area contributed by atoms with Crippen LogP contribution in [0.3, 0.4) is 0 Å². The number of anilines is 2. The third-order valence-electron chi connectivity index (χ3n) is 3.67. The van der Waals surface area contributed by atoms with E-state index in [1.807, 2.05) is 0 Å². The summed E-state index contributed by atoms with van der Waals surface area (Å²) in [5.41, 5.74) is 7.05. The normalized spacial score (nSPS) is 17.6. The minimum atomic E-state index is 0.581. The van der Waals surface area contributed by atoms with Crippen molar-refractivity contribution in [3.63, 3.8) is 0 Å². The van der Waals surface area contributed by atoms with Crippen LogP contribution in [-0.2, 0) is 0 Å². The summed E-state index contributed by atoms with van der Waals surface area (Å²) in [5, 5.41) is 4.47. The van der Waals surface area contributed by atoms with E-state index in [0.29, 0.717) is 15.7 Å². The smallest absolute Gasteiger partial charge is 0.0720 e. The Kier molecular flexibility index (Phi) is 5.20. The molecular formula is C14H21Cl2N3. The van der Waals surface area contributed by atoms with Gasteiger partial charge in [-0.2, -0.15) is 0 Å². The molecule has 2 rings (SSSR count). The highest BCUT2D eigenvalue weighted by molar-refractivity contribution is 6.39. The number of nitrogens with one attached hydrogen (secondary N) is 1. The van der Waals surface area contributed by atoms with Crippen LogP contribution in [0, 0.1) is 5.92 Å². The highest BCUT2D eigenvalue weighted by Crippen LogP contribution is 2.32. The van der Waals surface area contributed by atoms with Gasteiger partial charge in [0.1, 0.15) is 0 Å². The lowest BCUT2D eigenvalue weighted by Crippen LogP contribution is -2.36. The van der Waals surface area contributed by atoms with Crippen LogP contribution in [0.5, 0.6) is 0 Å². The number of halogens is 2. The standard InChI is InChI=1S/C14H21Cl2N3/c1-10-2-5-19(6-3-10)7-4-18-14-12(15)8-11(17)9-13(14)16/h8-10,18H,2-7,17H2,1H3. The molecule has 0 bridgehead atoms. The molecule has 1 heterocycles. The summed E-state index contributed by atoms with van der Waals surface area (Å²) in [6.45, 7) is 6.56. The van der Waals surface area contributed by atoms with Gasteiger partial charge in [-0.3, -0.25) is 0 Å². The highest BCUT2D eigenvalue weighted by Gasteiger charge is 2.15. The molecule has 0 unspecified atom stereocenters. The largest absolute Gasteiger partial charge is 0.399 e. The lowest BCUT2D eigenvalue weighted by atomic mass is 9.99. The SMILES string of the molecule is CC1CCN(CCNc2c(Cl)cc(N)cc2Cl)CC1. The molecular weight excluding hydrogens is 281 g/mol. The van der Waals surface area contributed by atoms with E-state index >= 15 is 0 Å². The number of rotatable bonds is 4. The van der Waals surface area contributed by atoms with Crippen LogP contribution in [0.4, 0.5) is 11.4 Å². The fraction of sp³-hybridized carbons (Fsp3) is 0.571. The summed E-state index contributed by atoms with van der Waals surface area (Å²) in [6, 6.07) is 3.44. The van der Waals surface area contributed by atoms with Crippen LogP contribution < -0.4 is 11.1 Å². The molecule has 0 saturated carbocycles. The summed E-state index contributed by atoms with van der Waals surface area (Å²) in [6.07, 6.45) is 2.59. The molecule has 0 amide bonds. The zero-order valence-electron chi connectivity index (χ0n) is 11.3. The molecule has 3 nitrogen and oxygen atoms in total. The predicted octanol–water partition coefficient (Wildman–Crippen LogP) is 3.72. The Labute approximate surface area is 125 Å². The minimum absolute atomic E-state index is 0.581. The summed E-state index contributed by atoms with van der Waals surface area (Å²) in [7, 11) is 0. The molecule has 0 spiro atoms. The van der Waals surface area contributed by atoms with E-state index < -0.39 is 0 Å². The van der Waals surface area contributed by atoms with Crippen molar-refractivity contribution in [1.82, 2.24) is 4.90 Å². The third kappa shape index (κ3) is 4.16. The van der Waals surface area contributed by atoms with Crippen LogP contribution >= 0.6 is 23.2 Å². The van der Waals surface area contributed by atoms with Crippen LogP contribution in [0.25, 0.3) is 0 Å². The van der Waals surface area contributed by atoms with E-state index in [4.69, 9.17) is 28.9 Å². The summed E-state index contributed by atoms with van der Waals surface area (Å²) in [5.74, 6) is 0.866. The van der Waals surface area contributed by atoms with Crippen molar-refractivity contribution in [2.75, 3.05) is 37.2 Å². The van der Waals surface area contributed by atoms with Gasteiger partial charge in [-0.25, -0.2) is 0 Å². The van der Waals surface area contributed by atoms with E-state index in [1.165, 1.54) is 25.9 Å². The van der Waals surface area contributed by atoms with E-state index in [2.05, 4.69) is 17.1 Å². The lowest BCUT2D eigenvalue weighted by Gasteiger charge is -2.30. The first-order valence-electron chi connectivity index (χ1n) is 6.77. The average Bonchev–Trinajstić information content (AvgIpc) is 2.34. The number of piperidine rings is 1. The maximum Gasteiger partial charge on any atom is 0.0720 e. The first kappa shape index (κ1) is 14.8. The summed E-state index contributed by atoms with van der Waals surface area (Å²) in [4.78, 5) is 2.48. The molecule has 19 heavy (non-hydrogen) atoms. The van der Waals surface area contributed by atoms with E-state index in [1.54, 1.807) is 12.1 Å². The molecule has 3 N–H and O–H groups in total. The van der Waals surface area contributed by atoms with Gasteiger partial charge in [0.2, 0.25) is 0 Å². The number of nitrogen functional groups attached to an aromatic ring is 1. The molecule has 0 radical (unpaired) electrons. The Morgan fingerprint density at radius 2 is 1.84 bits per heavy atom. The van der Waals surface area contributed by atoms with Crippen LogP contribution in [-0.4, -0.2) is 31.1 Å². The molecule has 1 aliphatic rings. The number of hydrogen-bond acceptors (Lipinski definition) is 3. The van der Waals surface area contributed by atoms with Crippen molar-refractivity contribution < 1.29 is 0 Å². The highest BCUT2D eigenvalue weighted by atomic mass is 35.5. The molecule has 1 aromatic carbocycles. The fourth-order valence-electron chi connectivity index (χ4n) is 2.39. The van der Waals surface area contributed by atoms with Gasteiger partial charge in [-0.1, -0.05) is 30.1 Å². The second kappa shape index (κ2) is 6.69. The molecule has 0 aliphatic carbocycles. The average molecular weight is 302 g/mol. The van der Waals surface area contributed by atoms with Crippen molar-refractivity contribution >= 4 is 34.6 Å². The van der Waals surface area contributed by atoms with E-state index in [9.17, 15) is 0 Å². The second-order valence-electron chi connectivity index (χ2n) is 5.31. The van der Waals surface area contributed by atoms with Crippen molar-refractivity contribution in [3.05, 3.63) is 22.2 Å². The molecule has 0 atom stereocenters. The zero-order valence-corrected chi connectivity index (χ0v) is 12.8. The third-order valence-corrected chi connectivity index (χ3v) is 4.27. The number of likely N-dealkylation sites (tertiary alicyclic amines) is 1. The van der Waals surface area contributed by atoms with E-state index in [0.717, 1.165) is 24.7 Å². The molecule has 0 aromatic heterocycles. The van der Waals surface area contributed by atoms with Crippen molar-refractivity contribution in [2.24, 2.45) is 5.92 Å². The Bertz CT molecular complexity index is 406. The topological polar surface area (TPSA) is 41.3 Å². The van der Waals surface area contributed by atoms with Crippen LogP contribution in [0.1, 0.15) is 19.8 Å². The Balaban J connectivity index is 1.83. The van der Waals surface area contributed by atoms with E-state index in [-0.39, 0.29) is 0 Å². The first-order chi connectivity index (χ1) is 9.06. The van der Waals surface area contributed by atoms with Gasteiger partial charge >= 0.3 is 0 Å². The quantitative estimate of drug-likeness (QED) is 0.833. The van der Waals surface area contributed by atoms with Crippen LogP contribution in [0.2, 0.25) is 10.0 Å². The van der Waals surface area contributed by atoms with Gasteiger partial charge < -0.3 is 16.0 Å².